The Morgan fingerprint density at radius 3 is 0.750 bits per heavy atom. The summed E-state index contributed by atoms with van der Waals surface area (Å²) in [6.07, 6.45) is 0. The zero-order valence-electron chi connectivity index (χ0n) is 18.4. The number of hydrogen-bond acceptors (Lipinski definition) is 6. The first-order valence-corrected chi connectivity index (χ1v) is 20.8. The van der Waals surface area contributed by atoms with Crippen LogP contribution in [0.25, 0.3) is 0 Å². The van der Waals surface area contributed by atoms with Gasteiger partial charge in [-0.2, -0.15) is 0 Å². The van der Waals surface area contributed by atoms with Gasteiger partial charge in [0, 0.05) is 14.2 Å². The Kier molecular flexibility index (Phi) is 10.4. The first kappa shape index (κ1) is 27.5. The Hall–Kier alpha value is -0.456. The number of hydrogen-bond donors (Lipinski definition) is 0. The standard InChI is InChI=1S/C17H36O6Si5/c1-13-24(8,18-6)20-26(10,15-3)22-28(12,17-5)23-27(11,16-4)21-25(9,14-2)19-7/h13-17H,1-5H2,6-12H3. The van der Waals surface area contributed by atoms with Crippen LogP contribution in [0.4, 0.5) is 0 Å². The van der Waals surface area contributed by atoms with Crippen molar-refractivity contribution in [1.82, 2.24) is 0 Å². The molecule has 4 unspecified atom stereocenters. The van der Waals surface area contributed by atoms with Crippen LogP contribution in [0.2, 0.25) is 32.7 Å². The van der Waals surface area contributed by atoms with Crippen LogP contribution < -0.4 is 0 Å². The minimum Gasteiger partial charge on any atom is -0.410 e. The van der Waals surface area contributed by atoms with Gasteiger partial charge in [0.2, 0.25) is 0 Å². The fourth-order valence-electron chi connectivity index (χ4n) is 2.26. The van der Waals surface area contributed by atoms with Gasteiger partial charge in [0.15, 0.2) is 0 Å². The summed E-state index contributed by atoms with van der Waals surface area (Å²) in [4.78, 5) is 0. The molecule has 0 aliphatic carbocycles. The topological polar surface area (TPSA) is 55.4 Å². The summed E-state index contributed by atoms with van der Waals surface area (Å²) in [5.41, 5.74) is 8.56. The highest BCUT2D eigenvalue weighted by Crippen LogP contribution is 2.28. The Bertz CT molecular complexity index is 561. The third kappa shape index (κ3) is 7.76. The molecule has 0 aromatic rings. The van der Waals surface area contributed by atoms with Crippen LogP contribution in [0, 0.1) is 0 Å². The Morgan fingerprint density at radius 2 is 0.607 bits per heavy atom. The molecule has 0 aromatic carbocycles. The second-order valence-corrected chi connectivity index (χ2v) is 23.2. The molecule has 28 heavy (non-hydrogen) atoms. The molecule has 0 saturated carbocycles. The molecule has 6 nitrogen and oxygen atoms in total. The molecule has 0 radical (unpaired) electrons. The van der Waals surface area contributed by atoms with E-state index in [1.54, 1.807) is 42.7 Å². The minimum atomic E-state index is -2.93. The Balaban J connectivity index is 5.76. The molecule has 160 valence electrons. The highest BCUT2D eigenvalue weighted by Gasteiger charge is 2.49. The maximum absolute atomic E-state index is 6.46. The average Bonchev–Trinajstić information content (AvgIpc) is 2.67. The van der Waals surface area contributed by atoms with E-state index in [1.807, 2.05) is 32.7 Å². The van der Waals surface area contributed by atoms with Crippen molar-refractivity contribution >= 4 is 42.8 Å². The average molecular weight is 477 g/mol. The van der Waals surface area contributed by atoms with E-state index in [0.717, 1.165) is 0 Å². The molecule has 0 bridgehead atoms. The molecule has 11 heteroatoms. The molecule has 0 heterocycles. The lowest BCUT2D eigenvalue weighted by Gasteiger charge is -2.42. The van der Waals surface area contributed by atoms with Gasteiger partial charge in [-0.1, -0.05) is 28.5 Å². The second-order valence-electron chi connectivity index (χ2n) is 6.92. The molecule has 4 atom stereocenters. The van der Waals surface area contributed by atoms with Gasteiger partial charge in [-0.25, -0.2) is 0 Å². The van der Waals surface area contributed by atoms with Gasteiger partial charge in [-0.15, -0.1) is 32.9 Å². The van der Waals surface area contributed by atoms with Crippen molar-refractivity contribution in [1.29, 1.82) is 0 Å². The smallest absolute Gasteiger partial charge is 0.352 e. The van der Waals surface area contributed by atoms with E-state index in [4.69, 9.17) is 25.3 Å². The van der Waals surface area contributed by atoms with Gasteiger partial charge in [-0.3, -0.25) is 0 Å². The zero-order chi connectivity index (χ0) is 22.3. The van der Waals surface area contributed by atoms with Crippen molar-refractivity contribution < 1.29 is 25.3 Å². The van der Waals surface area contributed by atoms with Crippen molar-refractivity contribution in [2.75, 3.05) is 14.2 Å². The summed E-state index contributed by atoms with van der Waals surface area (Å²) in [6, 6.07) is 0. The summed E-state index contributed by atoms with van der Waals surface area (Å²) in [6.45, 7) is 28.9. The molecule has 0 aliphatic rings. The highest BCUT2D eigenvalue weighted by atomic mass is 28.5. The molecule has 0 N–H and O–H groups in total. The van der Waals surface area contributed by atoms with E-state index in [-0.39, 0.29) is 0 Å². The zero-order valence-corrected chi connectivity index (χ0v) is 23.4. The largest absolute Gasteiger partial charge is 0.410 e. The van der Waals surface area contributed by atoms with Crippen LogP contribution in [-0.2, 0) is 25.3 Å². The molecular weight excluding hydrogens is 441 g/mol. The molecule has 0 aliphatic heterocycles. The van der Waals surface area contributed by atoms with Crippen molar-refractivity contribution in [2.24, 2.45) is 0 Å². The first-order valence-electron chi connectivity index (χ1n) is 8.84. The van der Waals surface area contributed by atoms with Gasteiger partial charge in [-0.05, 0) is 32.7 Å². The van der Waals surface area contributed by atoms with Crippen LogP contribution >= 0.6 is 0 Å². The summed E-state index contributed by atoms with van der Waals surface area (Å²) < 4.78 is 36.6. The molecule has 0 spiro atoms. The Morgan fingerprint density at radius 1 is 0.429 bits per heavy atom. The van der Waals surface area contributed by atoms with E-state index in [1.165, 1.54) is 0 Å². The number of rotatable bonds is 15. The minimum absolute atomic E-state index is 1.60. The monoisotopic (exact) mass is 476 g/mol. The van der Waals surface area contributed by atoms with Crippen molar-refractivity contribution in [3.05, 3.63) is 61.4 Å². The maximum Gasteiger partial charge on any atom is 0.352 e. The van der Waals surface area contributed by atoms with Gasteiger partial charge >= 0.3 is 42.8 Å². The van der Waals surface area contributed by atoms with Crippen LogP contribution in [0.3, 0.4) is 0 Å². The van der Waals surface area contributed by atoms with E-state index in [2.05, 4.69) is 32.9 Å². The quantitative estimate of drug-likeness (QED) is 0.328. The summed E-state index contributed by atoms with van der Waals surface area (Å²) in [5, 5.41) is 0. The lowest BCUT2D eigenvalue weighted by atomic mass is 11.3. The molecule has 0 fully saturated rings. The van der Waals surface area contributed by atoms with Crippen molar-refractivity contribution in [2.45, 2.75) is 32.7 Å². The molecule has 0 rings (SSSR count). The van der Waals surface area contributed by atoms with Crippen LogP contribution in [0.1, 0.15) is 0 Å². The molecular formula is C17H36O6Si5. The molecule has 0 saturated heterocycles. The summed E-state index contributed by atoms with van der Waals surface area (Å²) in [7, 11) is -10.6. The second kappa shape index (κ2) is 10.5. The van der Waals surface area contributed by atoms with Gasteiger partial charge < -0.3 is 25.3 Å². The van der Waals surface area contributed by atoms with Crippen molar-refractivity contribution in [3.8, 4) is 0 Å². The maximum atomic E-state index is 6.46. The third-order valence-corrected chi connectivity index (χ3v) is 22.6. The SMILES string of the molecule is C=C[Si](C)(OC)O[Si](C)(C=C)O[Si](C)(C=C)O[Si](C)(C=C)O[Si](C)(C=C)OC. The fourth-order valence-corrected chi connectivity index (χ4v) is 20.4. The lowest BCUT2D eigenvalue weighted by molar-refractivity contribution is 0.256. The van der Waals surface area contributed by atoms with Crippen LogP contribution in [0.15, 0.2) is 61.4 Å². The molecule has 0 amide bonds. The van der Waals surface area contributed by atoms with Gasteiger partial charge in [0.05, 0.1) is 0 Å². The van der Waals surface area contributed by atoms with Gasteiger partial charge in [0.25, 0.3) is 0 Å². The normalized spacial score (nSPS) is 22.2. The van der Waals surface area contributed by atoms with Crippen molar-refractivity contribution in [3.63, 3.8) is 0 Å². The lowest BCUT2D eigenvalue weighted by Crippen LogP contribution is -2.61. The van der Waals surface area contributed by atoms with E-state index >= 15 is 0 Å². The van der Waals surface area contributed by atoms with Crippen LogP contribution in [-0.4, -0.2) is 57.0 Å². The van der Waals surface area contributed by atoms with E-state index < -0.39 is 42.8 Å². The van der Waals surface area contributed by atoms with E-state index in [9.17, 15) is 0 Å². The molecule has 0 aromatic heterocycles. The van der Waals surface area contributed by atoms with E-state index in [0.29, 0.717) is 0 Å². The third-order valence-electron chi connectivity index (χ3n) is 4.29. The van der Waals surface area contributed by atoms with Crippen LogP contribution in [0.5, 0.6) is 0 Å². The Labute approximate surface area is 176 Å². The van der Waals surface area contributed by atoms with Gasteiger partial charge in [0.1, 0.15) is 0 Å². The first-order chi connectivity index (χ1) is 12.8. The fraction of sp³-hybridized carbons (Fsp3) is 0.412. The summed E-state index contributed by atoms with van der Waals surface area (Å²) in [5.74, 6) is 0. The predicted molar refractivity (Wildman–Crippen MR) is 127 cm³/mol. The predicted octanol–water partition coefficient (Wildman–Crippen LogP) is 4.33. The highest BCUT2D eigenvalue weighted by molar-refractivity contribution is 6.95. The summed E-state index contributed by atoms with van der Waals surface area (Å²) >= 11 is 0.